The van der Waals surface area contributed by atoms with Gasteiger partial charge in [0.15, 0.2) is 0 Å². The monoisotopic (exact) mass is 181 g/mol. The fourth-order valence-electron chi connectivity index (χ4n) is 1.43. The van der Waals surface area contributed by atoms with E-state index < -0.39 is 0 Å². The van der Waals surface area contributed by atoms with Crippen LogP contribution in [0.2, 0.25) is 0 Å². The molecule has 0 aliphatic carbocycles. The summed E-state index contributed by atoms with van der Waals surface area (Å²) in [7, 11) is 0. The maximum Gasteiger partial charge on any atom is 0.130 e. The highest BCUT2D eigenvalue weighted by Gasteiger charge is 2.33. The van der Waals surface area contributed by atoms with Gasteiger partial charge in [0, 0.05) is 5.41 Å². The Morgan fingerprint density at radius 2 is 1.46 bits per heavy atom. The lowest BCUT2D eigenvalue weighted by atomic mass is 9.81. The number of aliphatic imine (C=N–C) groups is 2. The number of nitrogens with zero attached hydrogens (tertiary/aromatic N) is 2. The van der Waals surface area contributed by atoms with Crippen molar-refractivity contribution >= 4 is 11.4 Å². The number of nitrogens with two attached hydrogens (primary N) is 1. The molecular weight excluding hydrogens is 162 g/mol. The van der Waals surface area contributed by atoms with Crippen LogP contribution in [0.15, 0.2) is 9.98 Å². The van der Waals surface area contributed by atoms with E-state index in [0.717, 1.165) is 11.4 Å². The third kappa shape index (κ3) is 2.15. The van der Waals surface area contributed by atoms with Crippen molar-refractivity contribution < 1.29 is 0 Å². The summed E-state index contributed by atoms with van der Waals surface area (Å²) < 4.78 is 0. The van der Waals surface area contributed by atoms with Gasteiger partial charge in [0.1, 0.15) is 6.67 Å². The summed E-state index contributed by atoms with van der Waals surface area (Å²) in [6.45, 7) is 10.9. The molecule has 0 unspecified atom stereocenters. The Morgan fingerprint density at radius 3 is 1.77 bits per heavy atom. The maximum atomic E-state index is 6.02. The number of hydrogen-bond acceptors (Lipinski definition) is 3. The van der Waals surface area contributed by atoms with Gasteiger partial charge >= 0.3 is 0 Å². The van der Waals surface area contributed by atoms with E-state index in [4.69, 9.17) is 5.73 Å². The summed E-state index contributed by atoms with van der Waals surface area (Å²) in [5.74, 6) is 0. The minimum absolute atomic E-state index is 0.0476. The van der Waals surface area contributed by atoms with Crippen LogP contribution in [0, 0.1) is 5.41 Å². The highest BCUT2D eigenvalue weighted by molar-refractivity contribution is 6.47. The van der Waals surface area contributed by atoms with Gasteiger partial charge in [-0.15, -0.1) is 0 Å². The predicted octanol–water partition coefficient (Wildman–Crippen LogP) is 1.62. The van der Waals surface area contributed by atoms with Gasteiger partial charge in [-0.05, 0) is 13.8 Å². The molecule has 0 atom stereocenters. The van der Waals surface area contributed by atoms with Crippen molar-refractivity contribution in [3.63, 3.8) is 0 Å². The molecule has 0 aromatic carbocycles. The predicted molar refractivity (Wildman–Crippen MR) is 57.5 cm³/mol. The van der Waals surface area contributed by atoms with Crippen LogP contribution in [0.1, 0.15) is 34.6 Å². The van der Waals surface area contributed by atoms with Crippen molar-refractivity contribution in [2.45, 2.75) is 40.2 Å². The van der Waals surface area contributed by atoms with Crippen LogP contribution in [0.4, 0.5) is 0 Å². The molecule has 0 amide bonds. The quantitative estimate of drug-likeness (QED) is 0.656. The normalized spacial score (nSPS) is 18.6. The second kappa shape index (κ2) is 2.91. The molecule has 0 aromatic rings. The SMILES string of the molecule is CC(C)(C)C1=NCN=C1C(C)(C)N. The molecule has 0 saturated carbocycles. The van der Waals surface area contributed by atoms with Gasteiger partial charge in [0.25, 0.3) is 0 Å². The largest absolute Gasteiger partial charge is 0.321 e. The van der Waals surface area contributed by atoms with Crippen molar-refractivity contribution in [2.75, 3.05) is 6.67 Å². The van der Waals surface area contributed by atoms with Crippen LogP contribution in [0.5, 0.6) is 0 Å². The van der Waals surface area contributed by atoms with Crippen molar-refractivity contribution in [3.05, 3.63) is 0 Å². The van der Waals surface area contributed by atoms with E-state index in [0.29, 0.717) is 6.67 Å². The van der Waals surface area contributed by atoms with E-state index in [9.17, 15) is 0 Å². The second-order valence-corrected chi connectivity index (χ2v) is 5.13. The fourth-order valence-corrected chi connectivity index (χ4v) is 1.43. The van der Waals surface area contributed by atoms with Crippen molar-refractivity contribution in [1.29, 1.82) is 0 Å². The lowest BCUT2D eigenvalue weighted by Crippen LogP contribution is -2.48. The van der Waals surface area contributed by atoms with Crippen molar-refractivity contribution in [3.8, 4) is 0 Å². The van der Waals surface area contributed by atoms with Crippen LogP contribution in [-0.4, -0.2) is 23.6 Å². The zero-order chi connectivity index (χ0) is 10.3. The van der Waals surface area contributed by atoms with Gasteiger partial charge in [-0.3, -0.25) is 9.98 Å². The van der Waals surface area contributed by atoms with E-state index in [2.05, 4.69) is 30.8 Å². The molecule has 3 heteroatoms. The molecule has 0 saturated heterocycles. The first kappa shape index (κ1) is 10.4. The van der Waals surface area contributed by atoms with Crippen LogP contribution < -0.4 is 5.73 Å². The lowest BCUT2D eigenvalue weighted by molar-refractivity contribution is 0.591. The average molecular weight is 181 g/mol. The van der Waals surface area contributed by atoms with E-state index >= 15 is 0 Å². The van der Waals surface area contributed by atoms with Gasteiger partial charge in [-0.25, -0.2) is 0 Å². The molecule has 1 aliphatic rings. The summed E-state index contributed by atoms with van der Waals surface area (Å²) in [4.78, 5) is 8.73. The molecule has 1 rings (SSSR count). The molecule has 1 heterocycles. The third-order valence-corrected chi connectivity index (χ3v) is 2.00. The van der Waals surface area contributed by atoms with Gasteiger partial charge < -0.3 is 5.73 Å². The Balaban J connectivity index is 2.99. The molecule has 13 heavy (non-hydrogen) atoms. The lowest BCUT2D eigenvalue weighted by Gasteiger charge is -2.27. The van der Waals surface area contributed by atoms with E-state index in [1.54, 1.807) is 0 Å². The first-order valence-electron chi connectivity index (χ1n) is 4.62. The number of rotatable bonds is 1. The van der Waals surface area contributed by atoms with E-state index in [1.807, 2.05) is 13.8 Å². The molecule has 0 fully saturated rings. The van der Waals surface area contributed by atoms with E-state index in [-0.39, 0.29) is 11.0 Å². The molecule has 3 nitrogen and oxygen atoms in total. The Kier molecular flexibility index (Phi) is 2.32. The zero-order valence-electron chi connectivity index (χ0n) is 9.18. The third-order valence-electron chi connectivity index (χ3n) is 2.00. The summed E-state index contributed by atoms with van der Waals surface area (Å²) in [6, 6.07) is 0. The molecule has 0 bridgehead atoms. The minimum Gasteiger partial charge on any atom is -0.321 e. The number of hydrogen-bond donors (Lipinski definition) is 1. The highest BCUT2D eigenvalue weighted by Crippen LogP contribution is 2.23. The summed E-state index contributed by atoms with van der Waals surface area (Å²) in [6.07, 6.45) is 0. The standard InChI is InChI=1S/C10H19N3/c1-9(2,3)7-8(10(4,5)11)13-6-12-7/h6,11H2,1-5H3. The maximum absolute atomic E-state index is 6.02. The average Bonchev–Trinajstić information content (AvgIpc) is 2.27. The summed E-state index contributed by atoms with van der Waals surface area (Å²) in [5, 5.41) is 0. The topological polar surface area (TPSA) is 50.7 Å². The molecular formula is C10H19N3. The molecule has 0 aromatic heterocycles. The summed E-state index contributed by atoms with van der Waals surface area (Å²) in [5.41, 5.74) is 7.71. The van der Waals surface area contributed by atoms with Gasteiger partial charge in [0.2, 0.25) is 0 Å². The first-order valence-corrected chi connectivity index (χ1v) is 4.62. The summed E-state index contributed by atoms with van der Waals surface area (Å²) >= 11 is 0. The molecule has 1 aliphatic heterocycles. The molecule has 74 valence electrons. The van der Waals surface area contributed by atoms with Crippen LogP contribution in [0.25, 0.3) is 0 Å². The van der Waals surface area contributed by atoms with Crippen molar-refractivity contribution in [1.82, 2.24) is 0 Å². The van der Waals surface area contributed by atoms with Gasteiger partial charge in [-0.1, -0.05) is 20.8 Å². The van der Waals surface area contributed by atoms with E-state index in [1.165, 1.54) is 0 Å². The Morgan fingerprint density at radius 1 is 1.00 bits per heavy atom. The Hall–Kier alpha value is -0.700. The smallest absolute Gasteiger partial charge is 0.130 e. The fraction of sp³-hybridized carbons (Fsp3) is 0.800. The highest BCUT2D eigenvalue weighted by atomic mass is 15.0. The van der Waals surface area contributed by atoms with Gasteiger partial charge in [0.05, 0.1) is 17.0 Å². The molecule has 0 radical (unpaired) electrons. The molecule has 2 N–H and O–H groups in total. The minimum atomic E-state index is -0.372. The molecule has 0 spiro atoms. The zero-order valence-corrected chi connectivity index (χ0v) is 9.18. The van der Waals surface area contributed by atoms with Crippen LogP contribution in [-0.2, 0) is 0 Å². The van der Waals surface area contributed by atoms with Crippen LogP contribution >= 0.6 is 0 Å². The second-order valence-electron chi connectivity index (χ2n) is 5.13. The first-order chi connectivity index (χ1) is 5.73. The van der Waals surface area contributed by atoms with Crippen molar-refractivity contribution in [2.24, 2.45) is 21.1 Å². The van der Waals surface area contributed by atoms with Crippen LogP contribution in [0.3, 0.4) is 0 Å². The Labute approximate surface area is 80.1 Å². The van der Waals surface area contributed by atoms with Gasteiger partial charge in [-0.2, -0.15) is 0 Å². The Bertz CT molecular complexity index is 233.